The molecule has 1 N–H and O–H groups in total. The second-order valence-electron chi connectivity index (χ2n) is 5.16. The minimum Gasteiger partial charge on any atom is -0.354 e. The van der Waals surface area contributed by atoms with Crippen LogP contribution in [-0.4, -0.2) is 23.1 Å². The fourth-order valence-electron chi connectivity index (χ4n) is 2.71. The second kappa shape index (κ2) is 5.49. The van der Waals surface area contributed by atoms with E-state index in [4.69, 9.17) is 0 Å². The first-order chi connectivity index (χ1) is 9.78. The molecule has 0 aliphatic carbocycles. The highest BCUT2D eigenvalue weighted by atomic mass is 15.2. The number of hydrogen-bond acceptors (Lipinski definition) is 4. The zero-order valence-corrected chi connectivity index (χ0v) is 12.1. The third-order valence-corrected chi connectivity index (χ3v) is 3.61. The van der Waals surface area contributed by atoms with Gasteiger partial charge in [0, 0.05) is 25.0 Å². The maximum Gasteiger partial charge on any atom is 0.224 e. The molecule has 0 saturated heterocycles. The van der Waals surface area contributed by atoms with Crippen LogP contribution in [0, 0.1) is 6.92 Å². The van der Waals surface area contributed by atoms with Crippen molar-refractivity contribution in [2.75, 3.05) is 23.3 Å². The van der Waals surface area contributed by atoms with E-state index in [2.05, 4.69) is 52.2 Å². The van der Waals surface area contributed by atoms with Gasteiger partial charge in [0.2, 0.25) is 5.95 Å². The third kappa shape index (κ3) is 2.46. The van der Waals surface area contributed by atoms with Gasteiger partial charge in [0.1, 0.15) is 5.82 Å². The van der Waals surface area contributed by atoms with E-state index in [9.17, 15) is 0 Å². The summed E-state index contributed by atoms with van der Waals surface area (Å²) in [5.41, 5.74) is 4.02. The summed E-state index contributed by atoms with van der Waals surface area (Å²) in [6, 6.07) is 8.64. The lowest BCUT2D eigenvalue weighted by atomic mass is 9.99. The van der Waals surface area contributed by atoms with Crippen LogP contribution >= 0.6 is 0 Å². The molecule has 4 nitrogen and oxygen atoms in total. The van der Waals surface area contributed by atoms with Gasteiger partial charge in [-0.2, -0.15) is 4.98 Å². The highest BCUT2D eigenvalue weighted by Gasteiger charge is 2.19. The van der Waals surface area contributed by atoms with Crippen molar-refractivity contribution in [2.45, 2.75) is 26.7 Å². The molecule has 1 aliphatic heterocycles. The van der Waals surface area contributed by atoms with Crippen LogP contribution in [0.3, 0.4) is 0 Å². The Morgan fingerprint density at radius 3 is 3.05 bits per heavy atom. The molecule has 1 aromatic carbocycles. The largest absolute Gasteiger partial charge is 0.354 e. The Morgan fingerprint density at radius 2 is 2.20 bits per heavy atom. The van der Waals surface area contributed by atoms with E-state index in [-0.39, 0.29) is 0 Å². The molecule has 2 aromatic rings. The van der Waals surface area contributed by atoms with Crippen LogP contribution in [0.5, 0.6) is 0 Å². The molecule has 0 amide bonds. The van der Waals surface area contributed by atoms with E-state index in [1.54, 1.807) is 0 Å². The quantitative estimate of drug-likeness (QED) is 0.927. The SMILES string of the molecule is CCNc1nccc(N2CCCc3cc(C)ccc32)n1. The van der Waals surface area contributed by atoms with Gasteiger partial charge in [-0.25, -0.2) is 4.98 Å². The number of aromatic nitrogens is 2. The van der Waals surface area contributed by atoms with Gasteiger partial charge in [-0.05, 0) is 44.4 Å². The summed E-state index contributed by atoms with van der Waals surface area (Å²) < 4.78 is 0. The standard InChI is InChI=1S/C16H20N4/c1-3-17-16-18-9-8-15(19-16)20-10-4-5-13-11-12(2)6-7-14(13)20/h6-9,11H,3-5,10H2,1-2H3,(H,17,18,19). The topological polar surface area (TPSA) is 41.1 Å². The van der Waals surface area contributed by atoms with Crippen LogP contribution in [-0.2, 0) is 6.42 Å². The molecular weight excluding hydrogens is 248 g/mol. The summed E-state index contributed by atoms with van der Waals surface area (Å²) in [7, 11) is 0. The summed E-state index contributed by atoms with van der Waals surface area (Å²) in [4.78, 5) is 11.1. The van der Waals surface area contributed by atoms with Gasteiger partial charge in [0.05, 0.1) is 0 Å². The van der Waals surface area contributed by atoms with Crippen molar-refractivity contribution in [1.82, 2.24) is 9.97 Å². The van der Waals surface area contributed by atoms with E-state index < -0.39 is 0 Å². The second-order valence-corrected chi connectivity index (χ2v) is 5.16. The molecule has 0 unspecified atom stereocenters. The molecule has 0 bridgehead atoms. The molecule has 2 heterocycles. The van der Waals surface area contributed by atoms with Crippen molar-refractivity contribution in [3.05, 3.63) is 41.6 Å². The molecule has 3 rings (SSSR count). The normalized spacial score (nSPS) is 14.0. The molecular formula is C16H20N4. The van der Waals surface area contributed by atoms with Gasteiger partial charge in [0.25, 0.3) is 0 Å². The van der Waals surface area contributed by atoms with Crippen LogP contribution < -0.4 is 10.2 Å². The lowest BCUT2D eigenvalue weighted by Gasteiger charge is -2.30. The zero-order chi connectivity index (χ0) is 13.9. The van der Waals surface area contributed by atoms with E-state index in [0.717, 1.165) is 31.7 Å². The number of rotatable bonds is 3. The van der Waals surface area contributed by atoms with Crippen LogP contribution in [0.15, 0.2) is 30.5 Å². The number of benzene rings is 1. The summed E-state index contributed by atoms with van der Waals surface area (Å²) in [6.07, 6.45) is 4.14. The van der Waals surface area contributed by atoms with E-state index in [1.165, 1.54) is 16.8 Å². The summed E-state index contributed by atoms with van der Waals surface area (Å²) >= 11 is 0. The molecule has 0 radical (unpaired) electrons. The summed E-state index contributed by atoms with van der Waals surface area (Å²) in [6.45, 7) is 6.04. The number of hydrogen-bond donors (Lipinski definition) is 1. The highest BCUT2D eigenvalue weighted by molar-refractivity contribution is 5.66. The molecule has 4 heteroatoms. The molecule has 0 fully saturated rings. The van der Waals surface area contributed by atoms with Crippen molar-refractivity contribution in [3.8, 4) is 0 Å². The Bertz CT molecular complexity index is 609. The smallest absolute Gasteiger partial charge is 0.224 e. The van der Waals surface area contributed by atoms with E-state index in [1.807, 2.05) is 12.3 Å². The fourth-order valence-corrected chi connectivity index (χ4v) is 2.71. The molecule has 0 atom stereocenters. The predicted molar refractivity (Wildman–Crippen MR) is 82.7 cm³/mol. The highest BCUT2D eigenvalue weighted by Crippen LogP contribution is 2.33. The monoisotopic (exact) mass is 268 g/mol. The Morgan fingerprint density at radius 1 is 1.30 bits per heavy atom. The summed E-state index contributed by atoms with van der Waals surface area (Å²) in [5, 5.41) is 3.17. The van der Waals surface area contributed by atoms with Crippen LogP contribution in [0.4, 0.5) is 17.5 Å². The van der Waals surface area contributed by atoms with E-state index >= 15 is 0 Å². The van der Waals surface area contributed by atoms with Crippen molar-refractivity contribution in [2.24, 2.45) is 0 Å². The zero-order valence-electron chi connectivity index (χ0n) is 12.1. The fraction of sp³-hybridized carbons (Fsp3) is 0.375. The maximum absolute atomic E-state index is 4.61. The number of nitrogens with zero attached hydrogens (tertiary/aromatic N) is 3. The Kier molecular flexibility index (Phi) is 3.54. The third-order valence-electron chi connectivity index (χ3n) is 3.61. The van der Waals surface area contributed by atoms with Crippen molar-refractivity contribution in [3.63, 3.8) is 0 Å². The Hall–Kier alpha value is -2.10. The molecule has 0 saturated carbocycles. The van der Waals surface area contributed by atoms with Crippen molar-refractivity contribution >= 4 is 17.5 Å². The Labute approximate surface area is 119 Å². The maximum atomic E-state index is 4.61. The number of nitrogens with one attached hydrogen (secondary N) is 1. The molecule has 0 spiro atoms. The van der Waals surface area contributed by atoms with Crippen LogP contribution in [0.1, 0.15) is 24.5 Å². The van der Waals surface area contributed by atoms with E-state index in [0.29, 0.717) is 5.95 Å². The van der Waals surface area contributed by atoms with Gasteiger partial charge < -0.3 is 10.2 Å². The molecule has 20 heavy (non-hydrogen) atoms. The van der Waals surface area contributed by atoms with Gasteiger partial charge in [-0.1, -0.05) is 17.7 Å². The number of aryl methyl sites for hydroxylation is 2. The van der Waals surface area contributed by atoms with Crippen LogP contribution in [0.2, 0.25) is 0 Å². The van der Waals surface area contributed by atoms with Gasteiger partial charge in [-0.15, -0.1) is 0 Å². The van der Waals surface area contributed by atoms with Crippen molar-refractivity contribution in [1.29, 1.82) is 0 Å². The molecule has 104 valence electrons. The lowest BCUT2D eigenvalue weighted by Crippen LogP contribution is -2.25. The van der Waals surface area contributed by atoms with Gasteiger partial charge in [0.15, 0.2) is 0 Å². The number of fused-ring (bicyclic) bond motifs is 1. The van der Waals surface area contributed by atoms with Gasteiger partial charge in [-0.3, -0.25) is 0 Å². The first kappa shape index (κ1) is 12.9. The number of anilines is 3. The first-order valence-corrected chi connectivity index (χ1v) is 7.22. The minimum absolute atomic E-state index is 0.698. The van der Waals surface area contributed by atoms with Gasteiger partial charge >= 0.3 is 0 Å². The average molecular weight is 268 g/mol. The van der Waals surface area contributed by atoms with Crippen molar-refractivity contribution < 1.29 is 0 Å². The lowest BCUT2D eigenvalue weighted by molar-refractivity contribution is 0.758. The average Bonchev–Trinajstić information content (AvgIpc) is 2.47. The molecule has 1 aliphatic rings. The predicted octanol–water partition coefficient (Wildman–Crippen LogP) is 3.30. The minimum atomic E-state index is 0.698. The Balaban J connectivity index is 1.98. The molecule has 1 aromatic heterocycles. The summed E-state index contributed by atoms with van der Waals surface area (Å²) in [5.74, 6) is 1.67. The first-order valence-electron chi connectivity index (χ1n) is 7.22. The van der Waals surface area contributed by atoms with Crippen LogP contribution in [0.25, 0.3) is 0 Å².